The highest BCUT2D eigenvalue weighted by Gasteiger charge is 2.31. The number of thioether (sulfide) groups is 1. The number of hydrogen-bond donors (Lipinski definition) is 0. The van der Waals surface area contributed by atoms with Crippen LogP contribution in [0.15, 0.2) is 57.9 Å². The smallest absolute Gasteiger partial charge is 0.266 e. The van der Waals surface area contributed by atoms with Crippen molar-refractivity contribution in [2.24, 2.45) is 0 Å². The Morgan fingerprint density at radius 2 is 2.00 bits per heavy atom. The van der Waals surface area contributed by atoms with Gasteiger partial charge in [-0.05, 0) is 51.7 Å². The topological polar surface area (TPSA) is 29.5 Å². The lowest BCUT2D eigenvalue weighted by atomic mass is 10.1. The molecule has 0 saturated carbocycles. The van der Waals surface area contributed by atoms with Gasteiger partial charge >= 0.3 is 0 Å². The molecule has 0 N–H and O–H groups in total. The predicted molar refractivity (Wildman–Crippen MR) is 111 cm³/mol. The molecule has 0 aromatic heterocycles. The average Bonchev–Trinajstić information content (AvgIpc) is 2.87. The first-order valence-corrected chi connectivity index (χ1v) is 9.73. The molecule has 0 unspecified atom stereocenters. The summed E-state index contributed by atoms with van der Waals surface area (Å²) in [6.45, 7) is 0.596. The van der Waals surface area contributed by atoms with Crippen molar-refractivity contribution >= 4 is 56.2 Å². The van der Waals surface area contributed by atoms with E-state index in [0.717, 1.165) is 22.2 Å². The molecule has 0 atom stereocenters. The third kappa shape index (κ3) is 4.32. The lowest BCUT2D eigenvalue weighted by molar-refractivity contribution is -0.122. The normalized spacial score (nSPS) is 15.9. The van der Waals surface area contributed by atoms with Gasteiger partial charge in [-0.2, -0.15) is 0 Å². The molecule has 3 nitrogen and oxygen atoms in total. The highest BCUT2D eigenvalue weighted by atomic mass is 79.9. The van der Waals surface area contributed by atoms with Gasteiger partial charge in [-0.15, -0.1) is 0 Å². The highest BCUT2D eigenvalue weighted by molar-refractivity contribution is 9.10. The molecule has 1 heterocycles. The number of carbonyl (C=O) groups is 1. The number of amides is 1. The van der Waals surface area contributed by atoms with Crippen molar-refractivity contribution < 1.29 is 9.53 Å². The van der Waals surface area contributed by atoms with Gasteiger partial charge in [-0.25, -0.2) is 0 Å². The number of halogens is 1. The molecule has 2 aromatic rings. The number of nitrogens with zero attached hydrogens (tertiary/aromatic N) is 1. The predicted octanol–water partition coefficient (Wildman–Crippen LogP) is 4.90. The van der Waals surface area contributed by atoms with Crippen molar-refractivity contribution in [3.05, 3.63) is 69.0 Å². The molecule has 1 aliphatic rings. The first-order valence-electron chi connectivity index (χ1n) is 7.71. The molecule has 2 aromatic carbocycles. The highest BCUT2D eigenvalue weighted by Crippen LogP contribution is 2.34. The maximum Gasteiger partial charge on any atom is 0.266 e. The molecule has 1 amide bonds. The van der Waals surface area contributed by atoms with Gasteiger partial charge in [0.25, 0.3) is 5.91 Å². The van der Waals surface area contributed by atoms with Crippen LogP contribution in [0, 0.1) is 0 Å². The molecule has 1 fully saturated rings. The standard InChI is InChI=1S/C19H16BrNO2S2/c1-23-16-8-7-14(11-15(16)20)12-17-18(22)21(19(24)25-17)10-9-13-5-3-2-4-6-13/h2-8,11-12H,9-10H2,1H3/b17-12-. The fourth-order valence-corrected chi connectivity index (χ4v) is 4.37. The zero-order chi connectivity index (χ0) is 17.8. The summed E-state index contributed by atoms with van der Waals surface area (Å²) in [5.74, 6) is 0.727. The van der Waals surface area contributed by atoms with Crippen LogP contribution in [0.5, 0.6) is 5.75 Å². The number of ether oxygens (including phenoxy) is 1. The fourth-order valence-electron chi connectivity index (χ4n) is 2.50. The minimum Gasteiger partial charge on any atom is -0.496 e. The zero-order valence-corrected chi connectivity index (χ0v) is 16.8. The van der Waals surface area contributed by atoms with Gasteiger partial charge in [0.2, 0.25) is 0 Å². The summed E-state index contributed by atoms with van der Waals surface area (Å²) in [4.78, 5) is 15.0. The minimum atomic E-state index is -0.0297. The Kier molecular flexibility index (Phi) is 5.93. The fraction of sp³-hybridized carbons (Fsp3) is 0.158. The van der Waals surface area contributed by atoms with Gasteiger partial charge in [0.15, 0.2) is 0 Å². The van der Waals surface area contributed by atoms with E-state index in [4.69, 9.17) is 17.0 Å². The van der Waals surface area contributed by atoms with E-state index in [1.165, 1.54) is 17.3 Å². The second-order valence-electron chi connectivity index (χ2n) is 5.46. The van der Waals surface area contributed by atoms with E-state index in [9.17, 15) is 4.79 Å². The Hall–Kier alpha value is -1.63. The summed E-state index contributed by atoms with van der Waals surface area (Å²) >= 11 is 10.2. The van der Waals surface area contributed by atoms with E-state index in [1.807, 2.05) is 42.5 Å². The van der Waals surface area contributed by atoms with Crippen LogP contribution in [0.2, 0.25) is 0 Å². The molecule has 128 valence electrons. The van der Waals surface area contributed by atoms with Gasteiger partial charge in [0.1, 0.15) is 10.1 Å². The molecule has 1 saturated heterocycles. The number of thiocarbonyl (C=S) groups is 1. The zero-order valence-electron chi connectivity index (χ0n) is 13.6. The molecule has 6 heteroatoms. The van der Waals surface area contributed by atoms with Crippen LogP contribution >= 0.6 is 39.9 Å². The Balaban J connectivity index is 1.73. The van der Waals surface area contributed by atoms with Gasteiger partial charge in [0.05, 0.1) is 16.5 Å². The summed E-state index contributed by atoms with van der Waals surface area (Å²) in [6, 6.07) is 15.8. The number of hydrogen-bond acceptors (Lipinski definition) is 4. The Morgan fingerprint density at radius 3 is 2.68 bits per heavy atom. The Morgan fingerprint density at radius 1 is 1.24 bits per heavy atom. The third-order valence-electron chi connectivity index (χ3n) is 3.81. The quantitative estimate of drug-likeness (QED) is 0.495. The minimum absolute atomic E-state index is 0.0297. The van der Waals surface area contributed by atoms with Crippen molar-refractivity contribution in [2.75, 3.05) is 13.7 Å². The van der Waals surface area contributed by atoms with Crippen molar-refractivity contribution in [1.29, 1.82) is 0 Å². The van der Waals surface area contributed by atoms with Gasteiger partial charge in [-0.1, -0.05) is 60.4 Å². The van der Waals surface area contributed by atoms with E-state index in [1.54, 1.807) is 12.0 Å². The maximum absolute atomic E-state index is 12.7. The summed E-state index contributed by atoms with van der Waals surface area (Å²) in [6.07, 6.45) is 2.65. The average molecular weight is 434 g/mol. The third-order valence-corrected chi connectivity index (χ3v) is 5.81. The number of benzene rings is 2. The van der Waals surface area contributed by atoms with Crippen LogP contribution in [0.1, 0.15) is 11.1 Å². The van der Waals surface area contributed by atoms with Crippen LogP contribution in [0.4, 0.5) is 0 Å². The molecule has 3 rings (SSSR count). The molecule has 25 heavy (non-hydrogen) atoms. The molecule has 0 bridgehead atoms. The van der Waals surface area contributed by atoms with Crippen LogP contribution in [-0.2, 0) is 11.2 Å². The first-order chi connectivity index (χ1) is 12.1. The van der Waals surface area contributed by atoms with Gasteiger partial charge in [0, 0.05) is 6.54 Å². The lowest BCUT2D eigenvalue weighted by Crippen LogP contribution is -2.30. The summed E-state index contributed by atoms with van der Waals surface area (Å²) < 4.78 is 6.69. The van der Waals surface area contributed by atoms with Gasteiger partial charge in [-0.3, -0.25) is 9.69 Å². The molecular formula is C19H16BrNO2S2. The van der Waals surface area contributed by atoms with Crippen molar-refractivity contribution in [3.8, 4) is 5.75 Å². The monoisotopic (exact) mass is 433 g/mol. The SMILES string of the molecule is COc1ccc(/C=C2\SC(=S)N(CCc3ccccc3)C2=O)cc1Br. The summed E-state index contributed by atoms with van der Waals surface area (Å²) in [7, 11) is 1.62. The van der Waals surface area contributed by atoms with E-state index in [0.29, 0.717) is 15.8 Å². The van der Waals surface area contributed by atoms with Crippen LogP contribution < -0.4 is 4.74 Å². The number of rotatable bonds is 5. The summed E-state index contributed by atoms with van der Waals surface area (Å²) in [5.41, 5.74) is 2.12. The van der Waals surface area contributed by atoms with Crippen LogP contribution in [0.25, 0.3) is 6.08 Å². The largest absolute Gasteiger partial charge is 0.496 e. The van der Waals surface area contributed by atoms with Gasteiger partial charge < -0.3 is 4.74 Å². The van der Waals surface area contributed by atoms with Crippen molar-refractivity contribution in [1.82, 2.24) is 4.90 Å². The van der Waals surface area contributed by atoms with Crippen LogP contribution in [-0.4, -0.2) is 28.8 Å². The molecular weight excluding hydrogens is 418 g/mol. The Bertz CT molecular complexity index is 837. The van der Waals surface area contributed by atoms with Crippen molar-refractivity contribution in [3.63, 3.8) is 0 Å². The molecule has 0 spiro atoms. The summed E-state index contributed by atoms with van der Waals surface area (Å²) in [5, 5.41) is 0. The lowest BCUT2D eigenvalue weighted by Gasteiger charge is -2.14. The van der Waals surface area contributed by atoms with Crippen molar-refractivity contribution in [2.45, 2.75) is 6.42 Å². The first kappa shape index (κ1) is 18.2. The van der Waals surface area contributed by atoms with E-state index < -0.39 is 0 Å². The number of carbonyl (C=O) groups excluding carboxylic acids is 1. The maximum atomic E-state index is 12.7. The molecule has 1 aliphatic heterocycles. The Labute approximate surface area is 165 Å². The van der Waals surface area contributed by atoms with E-state index in [2.05, 4.69) is 28.1 Å². The van der Waals surface area contributed by atoms with Crippen LogP contribution in [0.3, 0.4) is 0 Å². The van der Waals surface area contributed by atoms with E-state index >= 15 is 0 Å². The second-order valence-corrected chi connectivity index (χ2v) is 7.99. The molecule has 0 radical (unpaired) electrons. The van der Waals surface area contributed by atoms with E-state index in [-0.39, 0.29) is 5.91 Å². The molecule has 0 aliphatic carbocycles. The number of methoxy groups -OCH3 is 1. The second kappa shape index (κ2) is 8.17.